The molecular formula is C26H22N2O6S. The monoisotopic (exact) mass is 490 g/mol. The molecule has 0 radical (unpaired) electrons. The summed E-state index contributed by atoms with van der Waals surface area (Å²) in [6.07, 6.45) is 0. The number of carbonyl (C=O) groups is 2. The second kappa shape index (κ2) is 8.28. The highest BCUT2D eigenvalue weighted by molar-refractivity contribution is 7.22. The van der Waals surface area contributed by atoms with Crippen molar-refractivity contribution in [2.75, 3.05) is 12.0 Å². The molecule has 1 atom stereocenters. The van der Waals surface area contributed by atoms with Gasteiger partial charge < -0.3 is 19.4 Å². The van der Waals surface area contributed by atoms with Crippen LogP contribution in [0.1, 0.15) is 39.0 Å². The molecule has 1 amide bonds. The SMILES string of the molecule is COc1cc(C2C(C(=O)c3ccc(C)o3)=C(O)C(=O)N2c2nc3c(C)cc(C)cc3s2)ccc1O. The highest BCUT2D eigenvalue weighted by atomic mass is 32.1. The van der Waals surface area contributed by atoms with Crippen molar-refractivity contribution in [2.45, 2.75) is 26.8 Å². The molecule has 1 unspecified atom stereocenters. The van der Waals surface area contributed by atoms with Gasteiger partial charge in [-0.2, -0.15) is 0 Å². The van der Waals surface area contributed by atoms with E-state index in [9.17, 15) is 19.8 Å². The van der Waals surface area contributed by atoms with E-state index in [1.54, 1.807) is 19.1 Å². The Kier molecular flexibility index (Phi) is 5.36. The summed E-state index contributed by atoms with van der Waals surface area (Å²) in [5.41, 5.74) is 3.07. The number of carbonyl (C=O) groups excluding carboxylic acids is 2. The third-order valence-corrected chi connectivity index (χ3v) is 6.96. The maximum absolute atomic E-state index is 13.5. The zero-order valence-corrected chi connectivity index (χ0v) is 20.3. The largest absolute Gasteiger partial charge is 0.504 e. The van der Waals surface area contributed by atoms with Crippen molar-refractivity contribution in [3.05, 3.63) is 82.0 Å². The van der Waals surface area contributed by atoms with Crippen LogP contribution in [0.4, 0.5) is 5.13 Å². The molecule has 0 bridgehead atoms. The number of methoxy groups -OCH3 is 1. The number of anilines is 1. The second-order valence-corrected chi connectivity index (χ2v) is 9.44. The Morgan fingerprint density at radius 3 is 2.57 bits per heavy atom. The number of aromatic nitrogens is 1. The van der Waals surface area contributed by atoms with E-state index in [-0.39, 0.29) is 22.8 Å². The summed E-state index contributed by atoms with van der Waals surface area (Å²) in [5.74, 6) is -1.44. The number of rotatable bonds is 5. The van der Waals surface area contributed by atoms with E-state index in [4.69, 9.17) is 14.1 Å². The number of fused-ring (bicyclic) bond motifs is 1. The van der Waals surface area contributed by atoms with Crippen molar-refractivity contribution in [2.24, 2.45) is 0 Å². The number of furan rings is 1. The van der Waals surface area contributed by atoms with Crippen LogP contribution in [0.5, 0.6) is 11.5 Å². The van der Waals surface area contributed by atoms with Gasteiger partial charge in [-0.3, -0.25) is 14.5 Å². The maximum Gasteiger partial charge on any atom is 0.296 e. The lowest BCUT2D eigenvalue weighted by atomic mass is 9.95. The summed E-state index contributed by atoms with van der Waals surface area (Å²) in [7, 11) is 1.40. The Morgan fingerprint density at radius 1 is 1.11 bits per heavy atom. The van der Waals surface area contributed by atoms with Gasteiger partial charge in [0.25, 0.3) is 5.91 Å². The molecule has 0 saturated carbocycles. The van der Waals surface area contributed by atoms with E-state index in [1.807, 2.05) is 26.0 Å². The van der Waals surface area contributed by atoms with Crippen LogP contribution in [0.2, 0.25) is 0 Å². The average Bonchev–Trinajstić information content (AvgIpc) is 3.50. The number of aliphatic hydroxyl groups excluding tert-OH is 1. The summed E-state index contributed by atoms with van der Waals surface area (Å²) in [4.78, 5) is 32.9. The minimum Gasteiger partial charge on any atom is -0.504 e. The van der Waals surface area contributed by atoms with Crippen molar-refractivity contribution < 1.29 is 29.0 Å². The molecule has 3 heterocycles. The van der Waals surface area contributed by atoms with Gasteiger partial charge in [0.2, 0.25) is 5.78 Å². The molecule has 0 fully saturated rings. The third kappa shape index (κ3) is 3.64. The van der Waals surface area contributed by atoms with Gasteiger partial charge in [-0.25, -0.2) is 4.98 Å². The van der Waals surface area contributed by atoms with Crippen LogP contribution < -0.4 is 9.64 Å². The van der Waals surface area contributed by atoms with Crippen molar-refractivity contribution in [3.8, 4) is 11.5 Å². The molecule has 178 valence electrons. The van der Waals surface area contributed by atoms with Crippen molar-refractivity contribution in [3.63, 3.8) is 0 Å². The molecule has 9 heteroatoms. The molecular weight excluding hydrogens is 468 g/mol. The number of Topliss-reactive ketones (excluding diaryl/α,β-unsaturated/α-hetero) is 1. The Morgan fingerprint density at radius 2 is 1.89 bits per heavy atom. The van der Waals surface area contributed by atoms with Gasteiger partial charge in [0.05, 0.1) is 28.9 Å². The first-order valence-electron chi connectivity index (χ1n) is 10.8. The van der Waals surface area contributed by atoms with Crippen LogP contribution in [-0.2, 0) is 4.79 Å². The summed E-state index contributed by atoms with van der Waals surface area (Å²) in [5, 5.41) is 21.4. The summed E-state index contributed by atoms with van der Waals surface area (Å²) in [6.45, 7) is 5.62. The van der Waals surface area contributed by atoms with Crippen LogP contribution >= 0.6 is 11.3 Å². The molecule has 0 aliphatic carbocycles. The minimum atomic E-state index is -1.02. The van der Waals surface area contributed by atoms with Crippen LogP contribution in [0.3, 0.4) is 0 Å². The Hall–Kier alpha value is -4.11. The number of aliphatic hydroxyl groups is 1. The predicted octanol–water partition coefficient (Wildman–Crippen LogP) is 5.31. The fourth-order valence-electron chi connectivity index (χ4n) is 4.37. The van der Waals surface area contributed by atoms with Crippen molar-refractivity contribution in [1.29, 1.82) is 0 Å². The van der Waals surface area contributed by atoms with Crippen LogP contribution in [0, 0.1) is 20.8 Å². The number of benzene rings is 2. The molecule has 2 aromatic carbocycles. The zero-order chi connectivity index (χ0) is 25.0. The van der Waals surface area contributed by atoms with Gasteiger partial charge in [0, 0.05) is 0 Å². The first-order chi connectivity index (χ1) is 16.7. The van der Waals surface area contributed by atoms with Gasteiger partial charge in [-0.05, 0) is 67.8 Å². The number of ether oxygens (including phenoxy) is 1. The molecule has 0 spiro atoms. The number of hydrogen-bond donors (Lipinski definition) is 2. The lowest BCUT2D eigenvalue weighted by molar-refractivity contribution is -0.117. The molecule has 2 N–H and O–H groups in total. The standard InChI is InChI=1S/C26H22N2O6S/c1-12-9-13(2)21-19(10-12)35-26(27-21)28-22(15-6-7-16(29)18(11-15)33-4)20(24(31)25(28)32)23(30)17-8-5-14(3)34-17/h5-11,22,29,31H,1-4H3. The first-order valence-corrected chi connectivity index (χ1v) is 11.6. The molecule has 1 aliphatic heterocycles. The Balaban J connectivity index is 1.71. The number of ketones is 1. The quantitative estimate of drug-likeness (QED) is 0.364. The van der Waals surface area contributed by atoms with Gasteiger partial charge >= 0.3 is 0 Å². The number of amides is 1. The number of aryl methyl sites for hydroxylation is 3. The number of phenolic OH excluding ortho intramolecular Hbond substituents is 1. The van der Waals surface area contributed by atoms with Crippen LogP contribution in [0.15, 0.2) is 58.2 Å². The third-order valence-electron chi connectivity index (χ3n) is 5.96. The summed E-state index contributed by atoms with van der Waals surface area (Å²) >= 11 is 1.29. The highest BCUT2D eigenvalue weighted by Gasteiger charge is 2.46. The summed E-state index contributed by atoms with van der Waals surface area (Å²) in [6, 6.07) is 10.6. The molecule has 1 aliphatic rings. The van der Waals surface area contributed by atoms with E-state index in [0.29, 0.717) is 16.5 Å². The van der Waals surface area contributed by atoms with Gasteiger partial charge in [-0.1, -0.05) is 23.5 Å². The Labute approximate surface area is 204 Å². The number of aromatic hydroxyl groups is 1. The van der Waals surface area contributed by atoms with Gasteiger partial charge in [0.1, 0.15) is 5.76 Å². The van der Waals surface area contributed by atoms with E-state index < -0.39 is 23.5 Å². The average molecular weight is 491 g/mol. The highest BCUT2D eigenvalue weighted by Crippen LogP contribution is 2.46. The zero-order valence-electron chi connectivity index (χ0n) is 19.4. The number of hydrogen-bond acceptors (Lipinski definition) is 8. The maximum atomic E-state index is 13.5. The normalized spacial score (nSPS) is 15.9. The molecule has 5 rings (SSSR count). The van der Waals surface area contributed by atoms with E-state index >= 15 is 0 Å². The summed E-state index contributed by atoms with van der Waals surface area (Å²) < 4.78 is 11.6. The predicted molar refractivity (Wildman–Crippen MR) is 131 cm³/mol. The minimum absolute atomic E-state index is 0.00483. The van der Waals surface area contributed by atoms with Gasteiger partial charge in [-0.15, -0.1) is 0 Å². The molecule has 2 aromatic heterocycles. The van der Waals surface area contributed by atoms with Gasteiger partial charge in [0.15, 0.2) is 28.1 Å². The lowest BCUT2D eigenvalue weighted by Gasteiger charge is -2.24. The number of thiazole rings is 1. The van der Waals surface area contributed by atoms with Crippen LogP contribution in [0.25, 0.3) is 10.2 Å². The van der Waals surface area contributed by atoms with Crippen molar-refractivity contribution >= 4 is 38.4 Å². The molecule has 4 aromatic rings. The molecule has 8 nitrogen and oxygen atoms in total. The van der Waals surface area contributed by atoms with Crippen molar-refractivity contribution in [1.82, 2.24) is 4.98 Å². The van der Waals surface area contributed by atoms with E-state index in [0.717, 1.165) is 21.3 Å². The number of nitrogens with zero attached hydrogens (tertiary/aromatic N) is 2. The van der Waals surface area contributed by atoms with E-state index in [2.05, 4.69) is 0 Å². The van der Waals surface area contributed by atoms with E-state index in [1.165, 1.54) is 41.5 Å². The smallest absolute Gasteiger partial charge is 0.296 e. The molecule has 35 heavy (non-hydrogen) atoms. The second-order valence-electron chi connectivity index (χ2n) is 8.44. The lowest BCUT2D eigenvalue weighted by Crippen LogP contribution is -2.31. The molecule has 0 saturated heterocycles. The first kappa shape index (κ1) is 22.7. The van der Waals surface area contributed by atoms with Crippen LogP contribution in [-0.4, -0.2) is 34.0 Å². The Bertz CT molecular complexity index is 1550. The fourth-order valence-corrected chi connectivity index (χ4v) is 5.53. The topological polar surface area (TPSA) is 113 Å². The number of phenols is 1. The fraction of sp³-hybridized carbons (Fsp3) is 0.192.